The fraction of sp³-hybridized carbons (Fsp3) is 0.438. The molecule has 1 fully saturated rings. The summed E-state index contributed by atoms with van der Waals surface area (Å²) in [6, 6.07) is 5.00. The zero-order valence-electron chi connectivity index (χ0n) is 14.2. The zero-order chi connectivity index (χ0) is 18.5. The number of anilines is 1. The smallest absolute Gasteiger partial charge is 0.344 e. The van der Waals surface area contributed by atoms with Gasteiger partial charge in [0, 0.05) is 12.3 Å². The van der Waals surface area contributed by atoms with E-state index in [1.807, 2.05) is 0 Å². The molecule has 2 aromatic rings. The number of aromatic amines is 1. The summed E-state index contributed by atoms with van der Waals surface area (Å²) in [5.74, 6) is 0.420. The Balaban J connectivity index is 1.57. The molecule has 0 saturated carbocycles. The number of thioether (sulfide) groups is 1. The Morgan fingerprint density at radius 1 is 1.58 bits per heavy atom. The van der Waals surface area contributed by atoms with Gasteiger partial charge in [-0.2, -0.15) is 0 Å². The molecular formula is C16H19ClN4O4S. The van der Waals surface area contributed by atoms with Crippen molar-refractivity contribution in [3.05, 3.63) is 33.7 Å². The lowest BCUT2D eigenvalue weighted by Gasteiger charge is -2.11. The van der Waals surface area contributed by atoms with Crippen LogP contribution in [0.4, 0.5) is 5.69 Å². The first kappa shape index (κ1) is 18.8. The molecule has 1 amide bonds. The van der Waals surface area contributed by atoms with E-state index < -0.39 is 0 Å². The molecule has 10 heteroatoms. The van der Waals surface area contributed by atoms with Gasteiger partial charge in [0.15, 0.2) is 5.16 Å². The van der Waals surface area contributed by atoms with E-state index >= 15 is 0 Å². The summed E-state index contributed by atoms with van der Waals surface area (Å²) >= 11 is 7.23. The monoisotopic (exact) mass is 398 g/mol. The number of amides is 1. The predicted octanol–water partition coefficient (Wildman–Crippen LogP) is 2.14. The number of hydrogen-bond donors (Lipinski definition) is 2. The van der Waals surface area contributed by atoms with Crippen LogP contribution in [-0.2, 0) is 16.1 Å². The Kier molecular flexibility index (Phi) is 6.23. The van der Waals surface area contributed by atoms with Gasteiger partial charge in [0.1, 0.15) is 5.75 Å². The van der Waals surface area contributed by atoms with Crippen molar-refractivity contribution in [2.45, 2.75) is 30.6 Å². The van der Waals surface area contributed by atoms with E-state index in [0.717, 1.165) is 12.8 Å². The minimum atomic E-state index is -0.301. The molecule has 140 valence electrons. The van der Waals surface area contributed by atoms with E-state index in [0.29, 0.717) is 34.8 Å². The lowest BCUT2D eigenvalue weighted by Crippen LogP contribution is -2.25. The maximum atomic E-state index is 12.2. The second-order valence-electron chi connectivity index (χ2n) is 5.74. The van der Waals surface area contributed by atoms with Crippen molar-refractivity contribution in [3.63, 3.8) is 0 Å². The molecule has 0 unspecified atom stereocenters. The summed E-state index contributed by atoms with van der Waals surface area (Å²) in [5.41, 5.74) is 0.269. The summed E-state index contributed by atoms with van der Waals surface area (Å²) in [7, 11) is 1.52. The number of nitrogens with one attached hydrogen (secondary N) is 2. The van der Waals surface area contributed by atoms with E-state index in [2.05, 4.69) is 15.5 Å². The van der Waals surface area contributed by atoms with Crippen molar-refractivity contribution in [2.24, 2.45) is 0 Å². The van der Waals surface area contributed by atoms with Gasteiger partial charge >= 0.3 is 5.69 Å². The number of ether oxygens (including phenoxy) is 2. The molecule has 1 atom stereocenters. The van der Waals surface area contributed by atoms with Crippen molar-refractivity contribution in [2.75, 3.05) is 24.8 Å². The summed E-state index contributed by atoms with van der Waals surface area (Å²) in [6.07, 6.45) is 1.92. The van der Waals surface area contributed by atoms with Crippen LogP contribution in [0.3, 0.4) is 0 Å². The number of halogens is 1. The van der Waals surface area contributed by atoms with E-state index in [-0.39, 0.29) is 23.5 Å². The normalized spacial score (nSPS) is 16.6. The van der Waals surface area contributed by atoms with E-state index in [4.69, 9.17) is 21.1 Å². The van der Waals surface area contributed by atoms with Crippen molar-refractivity contribution >= 4 is 35.0 Å². The number of carbonyl (C=O) groups is 1. The predicted molar refractivity (Wildman–Crippen MR) is 99.2 cm³/mol. The molecule has 1 aromatic carbocycles. The van der Waals surface area contributed by atoms with Crippen LogP contribution in [0.2, 0.25) is 5.02 Å². The molecular weight excluding hydrogens is 380 g/mol. The largest absolute Gasteiger partial charge is 0.495 e. The van der Waals surface area contributed by atoms with Crippen molar-refractivity contribution < 1.29 is 14.3 Å². The SMILES string of the molecule is COc1ccc(NC(=O)CSc2n[nH]c(=O)n2C[C@H]2CCCO2)cc1Cl. The summed E-state index contributed by atoms with van der Waals surface area (Å²) in [4.78, 5) is 24.1. The first-order valence-electron chi connectivity index (χ1n) is 8.10. The van der Waals surface area contributed by atoms with Crippen LogP contribution in [0.15, 0.2) is 28.2 Å². The second-order valence-corrected chi connectivity index (χ2v) is 7.09. The maximum Gasteiger partial charge on any atom is 0.344 e. The van der Waals surface area contributed by atoms with Crippen LogP contribution in [0.1, 0.15) is 12.8 Å². The highest BCUT2D eigenvalue weighted by Gasteiger charge is 2.20. The number of aromatic nitrogens is 3. The molecule has 1 aliphatic rings. The van der Waals surface area contributed by atoms with Gasteiger partial charge in [0.2, 0.25) is 5.91 Å². The van der Waals surface area contributed by atoms with Gasteiger partial charge in [-0.15, -0.1) is 5.10 Å². The van der Waals surface area contributed by atoms with E-state index in [9.17, 15) is 9.59 Å². The van der Waals surface area contributed by atoms with Gasteiger partial charge in [-0.1, -0.05) is 23.4 Å². The lowest BCUT2D eigenvalue weighted by atomic mass is 10.2. The van der Waals surface area contributed by atoms with Crippen molar-refractivity contribution in [3.8, 4) is 5.75 Å². The number of nitrogens with zero attached hydrogens (tertiary/aromatic N) is 2. The zero-order valence-corrected chi connectivity index (χ0v) is 15.7. The molecule has 26 heavy (non-hydrogen) atoms. The topological polar surface area (TPSA) is 98.2 Å². The van der Waals surface area contributed by atoms with Gasteiger partial charge < -0.3 is 14.8 Å². The Morgan fingerprint density at radius 3 is 3.12 bits per heavy atom. The third-order valence-electron chi connectivity index (χ3n) is 3.90. The van der Waals surface area contributed by atoms with Gasteiger partial charge in [0.25, 0.3) is 0 Å². The maximum absolute atomic E-state index is 12.2. The third kappa shape index (κ3) is 4.60. The third-order valence-corrected chi connectivity index (χ3v) is 5.17. The van der Waals surface area contributed by atoms with Crippen LogP contribution in [-0.4, -0.2) is 46.2 Å². The first-order chi connectivity index (χ1) is 12.6. The van der Waals surface area contributed by atoms with E-state index in [1.54, 1.807) is 18.2 Å². The molecule has 3 rings (SSSR count). The Labute approximate surface area is 159 Å². The number of hydrogen-bond acceptors (Lipinski definition) is 6. The summed E-state index contributed by atoms with van der Waals surface area (Å²) in [6.45, 7) is 1.15. The van der Waals surface area contributed by atoms with Gasteiger partial charge in [-0.25, -0.2) is 9.89 Å². The standard InChI is InChI=1S/C16H19ClN4O4S/c1-24-13-5-4-10(7-12(13)17)18-14(22)9-26-16-20-19-15(23)21(16)8-11-3-2-6-25-11/h4-5,7,11H,2-3,6,8-9H2,1H3,(H,18,22)(H,19,23)/t11-/m1/s1. The molecule has 8 nitrogen and oxygen atoms in total. The molecule has 0 bridgehead atoms. The highest BCUT2D eigenvalue weighted by molar-refractivity contribution is 7.99. The molecule has 0 aliphatic carbocycles. The molecule has 1 aromatic heterocycles. The summed E-state index contributed by atoms with van der Waals surface area (Å²) < 4.78 is 12.1. The lowest BCUT2D eigenvalue weighted by molar-refractivity contribution is -0.113. The van der Waals surface area contributed by atoms with E-state index in [1.165, 1.54) is 23.4 Å². The molecule has 2 N–H and O–H groups in total. The first-order valence-corrected chi connectivity index (χ1v) is 9.46. The van der Waals surface area contributed by atoms with Gasteiger partial charge in [-0.3, -0.25) is 9.36 Å². The highest BCUT2D eigenvalue weighted by atomic mass is 35.5. The molecule has 0 spiro atoms. The van der Waals surface area contributed by atoms with Crippen LogP contribution in [0, 0.1) is 0 Å². The summed E-state index contributed by atoms with van der Waals surface area (Å²) in [5, 5.41) is 10.0. The average Bonchev–Trinajstić information content (AvgIpc) is 3.25. The fourth-order valence-electron chi connectivity index (χ4n) is 2.64. The highest BCUT2D eigenvalue weighted by Crippen LogP contribution is 2.27. The average molecular weight is 399 g/mol. The molecule has 0 radical (unpaired) electrons. The number of carbonyl (C=O) groups excluding carboxylic acids is 1. The van der Waals surface area contributed by atoms with Crippen molar-refractivity contribution in [1.82, 2.24) is 14.8 Å². The molecule has 1 aliphatic heterocycles. The van der Waals surface area contributed by atoms with Crippen LogP contribution in [0.25, 0.3) is 0 Å². The number of rotatable bonds is 7. The van der Waals surface area contributed by atoms with Crippen molar-refractivity contribution in [1.29, 1.82) is 0 Å². The minimum Gasteiger partial charge on any atom is -0.495 e. The second kappa shape index (κ2) is 8.61. The fourth-order valence-corrected chi connectivity index (χ4v) is 3.65. The van der Waals surface area contributed by atoms with Crippen LogP contribution in [0.5, 0.6) is 5.75 Å². The number of H-pyrrole nitrogens is 1. The van der Waals surface area contributed by atoms with Crippen LogP contribution >= 0.6 is 23.4 Å². The quantitative estimate of drug-likeness (QED) is 0.693. The number of benzene rings is 1. The molecule has 1 saturated heterocycles. The van der Waals surface area contributed by atoms with Gasteiger partial charge in [-0.05, 0) is 31.0 Å². The Bertz CT molecular complexity index is 832. The van der Waals surface area contributed by atoms with Crippen LogP contribution < -0.4 is 15.7 Å². The Hall–Kier alpha value is -1.97. The molecule has 2 heterocycles. The number of methoxy groups -OCH3 is 1. The Morgan fingerprint density at radius 2 is 2.42 bits per heavy atom. The minimum absolute atomic E-state index is 0.0138. The van der Waals surface area contributed by atoms with Gasteiger partial charge in [0.05, 0.1) is 30.5 Å².